The maximum atomic E-state index is 5.51. The van der Waals surface area contributed by atoms with Gasteiger partial charge in [0.15, 0.2) is 5.96 Å². The zero-order valence-electron chi connectivity index (χ0n) is 13.6. The lowest BCUT2D eigenvalue weighted by Crippen LogP contribution is -2.39. The molecule has 2 N–H and O–H groups in total. The Morgan fingerprint density at radius 3 is 2.77 bits per heavy atom. The third-order valence-electron chi connectivity index (χ3n) is 3.05. The number of aliphatic imine (C=N–C) groups is 1. The summed E-state index contributed by atoms with van der Waals surface area (Å²) in [5, 5.41) is 6.50. The molecule has 0 fully saturated rings. The van der Waals surface area contributed by atoms with Gasteiger partial charge in [-0.25, -0.2) is 0 Å². The largest absolute Gasteiger partial charge is 0.467 e. The van der Waals surface area contributed by atoms with Crippen LogP contribution in [-0.2, 0) is 16.1 Å². The van der Waals surface area contributed by atoms with E-state index in [1.54, 1.807) is 20.4 Å². The van der Waals surface area contributed by atoms with Crippen LogP contribution in [0.3, 0.4) is 0 Å². The van der Waals surface area contributed by atoms with Crippen LogP contribution in [0.15, 0.2) is 27.8 Å². The lowest BCUT2D eigenvalue weighted by molar-refractivity contribution is 0.105. The number of nitrogens with one attached hydrogen (secondary N) is 2. The molecule has 1 aromatic rings. The van der Waals surface area contributed by atoms with Gasteiger partial charge in [-0.05, 0) is 31.9 Å². The molecule has 1 unspecified atom stereocenters. The van der Waals surface area contributed by atoms with Gasteiger partial charge < -0.3 is 24.5 Å². The van der Waals surface area contributed by atoms with Gasteiger partial charge >= 0.3 is 0 Å². The van der Waals surface area contributed by atoms with Gasteiger partial charge in [0.2, 0.25) is 0 Å². The fourth-order valence-electron chi connectivity index (χ4n) is 1.68. The van der Waals surface area contributed by atoms with Crippen LogP contribution < -0.4 is 10.6 Å². The van der Waals surface area contributed by atoms with Crippen molar-refractivity contribution in [2.24, 2.45) is 4.99 Å². The van der Waals surface area contributed by atoms with Crippen LogP contribution in [0.4, 0.5) is 0 Å². The molecule has 1 rings (SSSR count). The van der Waals surface area contributed by atoms with Crippen LogP contribution in [0.2, 0.25) is 0 Å². The van der Waals surface area contributed by atoms with E-state index in [1.165, 1.54) is 0 Å². The highest BCUT2D eigenvalue weighted by atomic mass is 127. The standard InChI is InChI=1S/C15H27N3O3.HI/c1-13(19-3)7-9-18-15(16-2)17-8-5-10-20-12-14-6-4-11-21-14;/h4,6,11,13H,5,7-10,12H2,1-3H3,(H2,16,17,18);1H. The van der Waals surface area contributed by atoms with Crippen molar-refractivity contribution < 1.29 is 13.9 Å². The number of ether oxygens (including phenoxy) is 2. The molecule has 0 aliphatic carbocycles. The molecule has 1 heterocycles. The number of hydrogen-bond donors (Lipinski definition) is 2. The number of halogens is 1. The first-order valence-corrected chi connectivity index (χ1v) is 7.33. The zero-order chi connectivity index (χ0) is 15.3. The Balaban J connectivity index is 0.00000441. The summed E-state index contributed by atoms with van der Waals surface area (Å²) in [6, 6.07) is 3.77. The first-order valence-electron chi connectivity index (χ1n) is 7.33. The summed E-state index contributed by atoms with van der Waals surface area (Å²) in [7, 11) is 3.49. The molecule has 0 saturated heterocycles. The van der Waals surface area contributed by atoms with Crippen molar-refractivity contribution in [1.29, 1.82) is 0 Å². The normalized spacial score (nSPS) is 12.6. The summed E-state index contributed by atoms with van der Waals surface area (Å²) >= 11 is 0. The number of methoxy groups -OCH3 is 1. The molecule has 128 valence electrons. The molecular formula is C15H28IN3O3. The van der Waals surface area contributed by atoms with Crippen LogP contribution >= 0.6 is 24.0 Å². The minimum absolute atomic E-state index is 0. The highest BCUT2D eigenvalue weighted by molar-refractivity contribution is 14.0. The summed E-state index contributed by atoms with van der Waals surface area (Å²) in [5.74, 6) is 1.66. The Morgan fingerprint density at radius 1 is 1.36 bits per heavy atom. The van der Waals surface area contributed by atoms with E-state index >= 15 is 0 Å². The highest BCUT2D eigenvalue weighted by Crippen LogP contribution is 2.01. The van der Waals surface area contributed by atoms with E-state index in [1.807, 2.05) is 19.1 Å². The number of rotatable bonds is 10. The van der Waals surface area contributed by atoms with E-state index in [2.05, 4.69) is 15.6 Å². The molecule has 0 aliphatic rings. The maximum absolute atomic E-state index is 5.51. The van der Waals surface area contributed by atoms with Crippen LogP contribution in [0, 0.1) is 0 Å². The van der Waals surface area contributed by atoms with Crippen molar-refractivity contribution in [2.45, 2.75) is 32.5 Å². The second kappa shape index (κ2) is 13.8. The van der Waals surface area contributed by atoms with Crippen molar-refractivity contribution in [3.63, 3.8) is 0 Å². The summed E-state index contributed by atoms with van der Waals surface area (Å²) in [6.07, 6.45) is 3.77. The number of guanidine groups is 1. The molecular weight excluding hydrogens is 397 g/mol. The van der Waals surface area contributed by atoms with Gasteiger partial charge in [0, 0.05) is 33.9 Å². The van der Waals surface area contributed by atoms with Gasteiger partial charge in [-0.3, -0.25) is 4.99 Å². The number of furan rings is 1. The molecule has 22 heavy (non-hydrogen) atoms. The van der Waals surface area contributed by atoms with E-state index in [0.29, 0.717) is 13.2 Å². The Bertz CT molecular complexity index is 385. The molecule has 0 radical (unpaired) electrons. The minimum Gasteiger partial charge on any atom is -0.467 e. The monoisotopic (exact) mass is 425 g/mol. The molecule has 0 aromatic carbocycles. The summed E-state index contributed by atoms with van der Waals surface area (Å²) in [6.45, 7) is 4.91. The first-order chi connectivity index (χ1) is 10.3. The quantitative estimate of drug-likeness (QED) is 0.261. The Morgan fingerprint density at radius 2 is 2.14 bits per heavy atom. The average Bonchev–Trinajstić information content (AvgIpc) is 3.01. The van der Waals surface area contributed by atoms with Crippen LogP contribution in [0.5, 0.6) is 0 Å². The fraction of sp³-hybridized carbons (Fsp3) is 0.667. The molecule has 1 aromatic heterocycles. The van der Waals surface area contributed by atoms with Crippen molar-refractivity contribution in [3.05, 3.63) is 24.2 Å². The highest BCUT2D eigenvalue weighted by Gasteiger charge is 2.01. The van der Waals surface area contributed by atoms with Gasteiger partial charge in [-0.2, -0.15) is 0 Å². The topological polar surface area (TPSA) is 68.0 Å². The number of nitrogens with zero attached hydrogens (tertiary/aromatic N) is 1. The molecule has 0 amide bonds. The Labute approximate surface area is 150 Å². The van der Waals surface area contributed by atoms with Crippen LogP contribution in [-0.4, -0.2) is 45.9 Å². The maximum Gasteiger partial charge on any atom is 0.190 e. The Kier molecular flexibility index (Phi) is 13.3. The van der Waals surface area contributed by atoms with Crippen molar-refractivity contribution in [2.75, 3.05) is 33.9 Å². The van der Waals surface area contributed by atoms with Crippen LogP contribution in [0.25, 0.3) is 0 Å². The third-order valence-corrected chi connectivity index (χ3v) is 3.05. The van der Waals surface area contributed by atoms with Gasteiger partial charge in [-0.15, -0.1) is 24.0 Å². The van der Waals surface area contributed by atoms with Gasteiger partial charge in [0.1, 0.15) is 12.4 Å². The second-order valence-electron chi connectivity index (χ2n) is 4.75. The van der Waals surface area contributed by atoms with Crippen molar-refractivity contribution in [1.82, 2.24) is 10.6 Å². The average molecular weight is 425 g/mol. The smallest absolute Gasteiger partial charge is 0.190 e. The fourth-order valence-corrected chi connectivity index (χ4v) is 1.68. The summed E-state index contributed by atoms with van der Waals surface area (Å²) in [4.78, 5) is 4.17. The van der Waals surface area contributed by atoms with Gasteiger partial charge in [-0.1, -0.05) is 0 Å². The van der Waals surface area contributed by atoms with E-state index in [-0.39, 0.29) is 30.1 Å². The lowest BCUT2D eigenvalue weighted by atomic mass is 10.3. The molecule has 7 heteroatoms. The minimum atomic E-state index is 0. The predicted molar refractivity (Wildman–Crippen MR) is 98.8 cm³/mol. The predicted octanol–water partition coefficient (Wildman–Crippen LogP) is 2.39. The zero-order valence-corrected chi connectivity index (χ0v) is 16.0. The third kappa shape index (κ3) is 10.0. The second-order valence-corrected chi connectivity index (χ2v) is 4.75. The summed E-state index contributed by atoms with van der Waals surface area (Å²) in [5.41, 5.74) is 0. The SMILES string of the molecule is CN=C(NCCCOCc1ccco1)NCCC(C)OC.I. The molecule has 0 bridgehead atoms. The van der Waals surface area contributed by atoms with Gasteiger partial charge in [0.05, 0.1) is 12.4 Å². The summed E-state index contributed by atoms with van der Waals surface area (Å²) < 4.78 is 15.9. The van der Waals surface area contributed by atoms with E-state index in [9.17, 15) is 0 Å². The van der Waals surface area contributed by atoms with Crippen molar-refractivity contribution >= 4 is 29.9 Å². The van der Waals surface area contributed by atoms with Crippen LogP contribution in [0.1, 0.15) is 25.5 Å². The van der Waals surface area contributed by atoms with Gasteiger partial charge in [0.25, 0.3) is 0 Å². The number of hydrogen-bond acceptors (Lipinski definition) is 4. The molecule has 1 atom stereocenters. The molecule has 6 nitrogen and oxygen atoms in total. The van der Waals surface area contributed by atoms with E-state index in [4.69, 9.17) is 13.9 Å². The molecule has 0 saturated carbocycles. The van der Waals surface area contributed by atoms with E-state index < -0.39 is 0 Å². The Hall–Kier alpha value is -0.800. The van der Waals surface area contributed by atoms with E-state index in [0.717, 1.165) is 37.7 Å². The lowest BCUT2D eigenvalue weighted by Gasteiger charge is -2.14. The molecule has 0 aliphatic heterocycles. The molecule has 0 spiro atoms. The first kappa shape index (κ1) is 21.2. The van der Waals surface area contributed by atoms with Crippen molar-refractivity contribution in [3.8, 4) is 0 Å².